The lowest BCUT2D eigenvalue weighted by atomic mass is 10.1. The number of carbonyl (C=O) groups excluding carboxylic acids is 2. The number of phenolic OH excluding ortho intramolecular Hbond substituents is 1. The zero-order chi connectivity index (χ0) is 24.2. The van der Waals surface area contributed by atoms with Crippen molar-refractivity contribution in [1.29, 1.82) is 0 Å². The van der Waals surface area contributed by atoms with Crippen LogP contribution in [0, 0.1) is 0 Å². The Bertz CT molecular complexity index is 1430. The number of phenols is 1. The molecule has 4 aromatic rings. The number of pyridine rings is 1. The molecule has 0 fully saturated rings. The summed E-state index contributed by atoms with van der Waals surface area (Å²) in [4.78, 5) is 38.7. The third-order valence-electron chi connectivity index (χ3n) is 5.38. The molecule has 4 rings (SSSR count). The number of amides is 2. The Hall–Kier alpha value is -4.10. The minimum absolute atomic E-state index is 0.0539. The van der Waals surface area contributed by atoms with Gasteiger partial charge in [-0.15, -0.1) is 0 Å². The molecule has 0 aliphatic heterocycles. The fraction of sp³-hybridized carbons (Fsp3) is 0.115. The summed E-state index contributed by atoms with van der Waals surface area (Å²) < 4.78 is 1.50. The highest BCUT2D eigenvalue weighted by atomic mass is 35.5. The number of aromatic hydroxyl groups is 1. The Labute approximate surface area is 200 Å². The van der Waals surface area contributed by atoms with Gasteiger partial charge < -0.3 is 20.3 Å². The maximum atomic E-state index is 13.1. The number of benzene rings is 3. The first-order chi connectivity index (χ1) is 16.4. The molecule has 0 aliphatic carbocycles. The predicted octanol–water partition coefficient (Wildman–Crippen LogP) is 4.81. The van der Waals surface area contributed by atoms with Crippen molar-refractivity contribution < 1.29 is 14.7 Å². The van der Waals surface area contributed by atoms with Crippen LogP contribution >= 0.6 is 11.6 Å². The third-order valence-corrected chi connectivity index (χ3v) is 5.63. The summed E-state index contributed by atoms with van der Waals surface area (Å²) in [6.45, 7) is 2.16. The number of carbonyl (C=O) groups is 2. The highest BCUT2D eigenvalue weighted by Gasteiger charge is 2.18. The number of anilines is 2. The third kappa shape index (κ3) is 4.94. The van der Waals surface area contributed by atoms with E-state index in [0.717, 1.165) is 5.56 Å². The SMILES string of the molecule is CCn1c(=O)c(C(=O)Nc2ccc(O)cc2)cc2c(NC(=O)Cc3ccc(Cl)cc3)cccc21. The summed E-state index contributed by atoms with van der Waals surface area (Å²) in [5.74, 6) is -0.753. The molecule has 1 aromatic heterocycles. The molecular formula is C26H22ClN3O4. The molecule has 0 radical (unpaired) electrons. The largest absolute Gasteiger partial charge is 0.508 e. The number of fused-ring (bicyclic) bond motifs is 1. The van der Waals surface area contributed by atoms with Crippen molar-refractivity contribution in [2.75, 3.05) is 10.6 Å². The monoisotopic (exact) mass is 475 g/mol. The zero-order valence-corrected chi connectivity index (χ0v) is 19.1. The number of aromatic nitrogens is 1. The highest BCUT2D eigenvalue weighted by molar-refractivity contribution is 6.30. The average molecular weight is 476 g/mol. The van der Waals surface area contributed by atoms with Crippen molar-refractivity contribution in [3.8, 4) is 5.75 Å². The van der Waals surface area contributed by atoms with E-state index in [0.29, 0.717) is 33.8 Å². The van der Waals surface area contributed by atoms with Crippen LogP contribution < -0.4 is 16.2 Å². The molecule has 3 aromatic carbocycles. The lowest BCUT2D eigenvalue weighted by molar-refractivity contribution is -0.115. The van der Waals surface area contributed by atoms with E-state index in [1.54, 1.807) is 42.5 Å². The molecule has 34 heavy (non-hydrogen) atoms. The standard InChI is InChI=1S/C26H22ClN3O4/c1-2-30-23-5-3-4-22(29-24(32)14-16-6-8-17(27)9-7-16)20(23)15-21(26(30)34)25(33)28-18-10-12-19(31)13-11-18/h3-13,15,31H,2,14H2,1H3,(H,28,33)(H,29,32). The number of nitrogens with zero attached hydrogens (tertiary/aromatic N) is 1. The maximum absolute atomic E-state index is 13.1. The molecule has 172 valence electrons. The molecule has 7 nitrogen and oxygen atoms in total. The van der Waals surface area contributed by atoms with Gasteiger partial charge in [0.05, 0.1) is 17.6 Å². The van der Waals surface area contributed by atoms with Gasteiger partial charge in [-0.3, -0.25) is 14.4 Å². The first-order valence-electron chi connectivity index (χ1n) is 10.7. The molecule has 0 unspecified atom stereocenters. The van der Waals surface area contributed by atoms with Gasteiger partial charge in [0, 0.05) is 22.6 Å². The predicted molar refractivity (Wildman–Crippen MR) is 134 cm³/mol. The molecule has 0 saturated heterocycles. The van der Waals surface area contributed by atoms with E-state index < -0.39 is 11.5 Å². The Morgan fingerprint density at radius 1 is 0.971 bits per heavy atom. The molecule has 0 aliphatic rings. The van der Waals surface area contributed by atoms with Crippen LogP contribution in [0.2, 0.25) is 5.02 Å². The number of hydrogen-bond donors (Lipinski definition) is 3. The molecule has 0 atom stereocenters. The zero-order valence-electron chi connectivity index (χ0n) is 18.3. The van der Waals surface area contributed by atoms with Crippen molar-refractivity contribution in [3.05, 3.63) is 99.3 Å². The van der Waals surface area contributed by atoms with Crippen molar-refractivity contribution in [2.45, 2.75) is 19.9 Å². The lowest BCUT2D eigenvalue weighted by Crippen LogP contribution is -2.29. The number of rotatable bonds is 6. The minimum Gasteiger partial charge on any atom is -0.508 e. The van der Waals surface area contributed by atoms with Gasteiger partial charge in [-0.2, -0.15) is 0 Å². The Morgan fingerprint density at radius 3 is 2.35 bits per heavy atom. The minimum atomic E-state index is -0.581. The Balaban J connectivity index is 1.69. The van der Waals surface area contributed by atoms with Crippen LogP contribution in [0.4, 0.5) is 11.4 Å². The summed E-state index contributed by atoms with van der Waals surface area (Å²) in [5.41, 5.74) is 1.87. The molecule has 3 N–H and O–H groups in total. The quantitative estimate of drug-likeness (QED) is 0.348. The second-order valence-electron chi connectivity index (χ2n) is 7.70. The summed E-state index contributed by atoms with van der Waals surface area (Å²) in [6, 6.07) is 19.7. The molecular weight excluding hydrogens is 454 g/mol. The Morgan fingerprint density at radius 2 is 1.68 bits per heavy atom. The van der Waals surface area contributed by atoms with E-state index in [1.165, 1.54) is 34.9 Å². The van der Waals surface area contributed by atoms with Gasteiger partial charge in [-0.05, 0) is 67.1 Å². The van der Waals surface area contributed by atoms with Gasteiger partial charge in [-0.1, -0.05) is 29.8 Å². The van der Waals surface area contributed by atoms with Crippen LogP contribution in [0.1, 0.15) is 22.8 Å². The first-order valence-corrected chi connectivity index (χ1v) is 11.0. The molecule has 0 bridgehead atoms. The van der Waals surface area contributed by atoms with Gasteiger partial charge in [0.1, 0.15) is 11.3 Å². The summed E-state index contributed by atoms with van der Waals surface area (Å²) in [7, 11) is 0. The van der Waals surface area contributed by atoms with Crippen LogP contribution in [0.5, 0.6) is 5.75 Å². The second-order valence-corrected chi connectivity index (χ2v) is 8.13. The maximum Gasteiger partial charge on any atom is 0.263 e. The van der Waals surface area contributed by atoms with E-state index in [-0.39, 0.29) is 23.6 Å². The van der Waals surface area contributed by atoms with Crippen LogP contribution in [0.15, 0.2) is 77.6 Å². The van der Waals surface area contributed by atoms with E-state index in [1.807, 2.05) is 6.92 Å². The number of aryl methyl sites for hydroxylation is 1. The fourth-order valence-corrected chi connectivity index (χ4v) is 3.84. The van der Waals surface area contributed by atoms with Gasteiger partial charge in [0.15, 0.2) is 0 Å². The van der Waals surface area contributed by atoms with Crippen molar-refractivity contribution >= 4 is 45.7 Å². The van der Waals surface area contributed by atoms with E-state index in [2.05, 4.69) is 10.6 Å². The van der Waals surface area contributed by atoms with Gasteiger partial charge in [0.2, 0.25) is 5.91 Å². The normalized spacial score (nSPS) is 10.8. The van der Waals surface area contributed by atoms with Gasteiger partial charge in [0.25, 0.3) is 11.5 Å². The topological polar surface area (TPSA) is 100 Å². The van der Waals surface area contributed by atoms with Crippen LogP contribution in [0.25, 0.3) is 10.9 Å². The average Bonchev–Trinajstić information content (AvgIpc) is 2.82. The summed E-state index contributed by atoms with van der Waals surface area (Å²) in [6.07, 6.45) is 0.148. The van der Waals surface area contributed by atoms with E-state index in [4.69, 9.17) is 11.6 Å². The number of hydrogen-bond acceptors (Lipinski definition) is 4. The van der Waals surface area contributed by atoms with Gasteiger partial charge in [-0.25, -0.2) is 0 Å². The second kappa shape index (κ2) is 9.80. The summed E-state index contributed by atoms with van der Waals surface area (Å²) >= 11 is 5.91. The van der Waals surface area contributed by atoms with Gasteiger partial charge >= 0.3 is 0 Å². The highest BCUT2D eigenvalue weighted by Crippen LogP contribution is 2.24. The fourth-order valence-electron chi connectivity index (χ4n) is 3.71. The van der Waals surface area contributed by atoms with Crippen LogP contribution in [0.3, 0.4) is 0 Å². The molecule has 2 amide bonds. The lowest BCUT2D eigenvalue weighted by Gasteiger charge is -2.15. The molecule has 0 spiro atoms. The molecule has 1 heterocycles. The number of halogens is 1. The van der Waals surface area contributed by atoms with Crippen molar-refractivity contribution in [2.24, 2.45) is 0 Å². The smallest absolute Gasteiger partial charge is 0.263 e. The van der Waals surface area contributed by atoms with Crippen LogP contribution in [-0.4, -0.2) is 21.5 Å². The number of nitrogens with one attached hydrogen (secondary N) is 2. The first kappa shape index (κ1) is 23.1. The molecule has 8 heteroatoms. The van der Waals surface area contributed by atoms with Crippen LogP contribution in [-0.2, 0) is 17.8 Å². The van der Waals surface area contributed by atoms with Crippen molar-refractivity contribution in [3.63, 3.8) is 0 Å². The Kier molecular flexibility index (Phi) is 6.65. The summed E-state index contributed by atoms with van der Waals surface area (Å²) in [5, 5.41) is 16.2. The molecule has 0 saturated carbocycles. The van der Waals surface area contributed by atoms with E-state index in [9.17, 15) is 19.5 Å². The van der Waals surface area contributed by atoms with E-state index >= 15 is 0 Å². The van der Waals surface area contributed by atoms with Crippen molar-refractivity contribution in [1.82, 2.24) is 4.57 Å².